The van der Waals surface area contributed by atoms with Crippen LogP contribution in [0, 0.1) is 12.3 Å². The fourth-order valence-corrected chi connectivity index (χ4v) is 4.41. The Labute approximate surface area is 159 Å². The molecule has 0 aliphatic carbocycles. The number of aromatic nitrogens is 3. The van der Waals surface area contributed by atoms with Crippen molar-refractivity contribution < 1.29 is 0 Å². The van der Waals surface area contributed by atoms with Gasteiger partial charge in [-0.1, -0.05) is 20.8 Å². The van der Waals surface area contributed by atoms with Crippen LogP contribution in [0.15, 0.2) is 17.2 Å². The summed E-state index contributed by atoms with van der Waals surface area (Å²) in [6, 6.07) is 2.38. The molecule has 3 N–H and O–H groups in total. The topological polar surface area (TPSA) is 83.8 Å². The molecule has 3 heterocycles. The van der Waals surface area contributed by atoms with E-state index in [1.54, 1.807) is 11.8 Å². The van der Waals surface area contributed by atoms with E-state index >= 15 is 0 Å². The van der Waals surface area contributed by atoms with Crippen LogP contribution in [0.2, 0.25) is 0 Å². The number of thioether (sulfide) groups is 1. The molecular weight excluding hydrogens is 344 g/mol. The molecule has 0 saturated carbocycles. The molecule has 0 spiro atoms. The molecule has 1 aliphatic heterocycles. The predicted molar refractivity (Wildman–Crippen MR) is 107 cm³/mol. The summed E-state index contributed by atoms with van der Waals surface area (Å²) in [6.07, 6.45) is 3.95. The number of pyridine rings is 1. The van der Waals surface area contributed by atoms with Crippen LogP contribution in [-0.4, -0.2) is 49.9 Å². The number of aryl methyl sites for hydroxylation is 1. The third-order valence-corrected chi connectivity index (χ3v) is 5.67. The van der Waals surface area contributed by atoms with Crippen LogP contribution in [0.5, 0.6) is 0 Å². The van der Waals surface area contributed by atoms with Crippen LogP contribution in [0.25, 0.3) is 11.0 Å². The van der Waals surface area contributed by atoms with Crippen LogP contribution in [0.1, 0.15) is 39.4 Å². The van der Waals surface area contributed by atoms with Gasteiger partial charge in [0.05, 0.1) is 5.52 Å². The number of likely N-dealkylation sites (tertiary alicyclic amines) is 1. The van der Waals surface area contributed by atoms with Crippen LogP contribution in [-0.2, 0) is 6.54 Å². The number of nitrogens with one attached hydrogen (secondary N) is 1. The van der Waals surface area contributed by atoms with E-state index in [9.17, 15) is 0 Å². The summed E-state index contributed by atoms with van der Waals surface area (Å²) in [5.41, 5.74) is 7.92. The van der Waals surface area contributed by atoms with Crippen molar-refractivity contribution in [1.29, 1.82) is 5.41 Å². The van der Waals surface area contributed by atoms with Gasteiger partial charge in [0, 0.05) is 35.0 Å². The average Bonchev–Trinajstić information content (AvgIpc) is 2.94. The van der Waals surface area contributed by atoms with Gasteiger partial charge in [-0.3, -0.25) is 5.41 Å². The maximum atomic E-state index is 8.57. The lowest BCUT2D eigenvalue weighted by Gasteiger charge is -2.18. The van der Waals surface area contributed by atoms with E-state index in [-0.39, 0.29) is 4.75 Å². The van der Waals surface area contributed by atoms with Crippen LogP contribution >= 0.6 is 11.8 Å². The van der Waals surface area contributed by atoms with Gasteiger partial charge in [-0.2, -0.15) is 0 Å². The maximum absolute atomic E-state index is 8.57. The molecule has 2 aromatic rings. The average molecular weight is 375 g/mol. The van der Waals surface area contributed by atoms with Gasteiger partial charge in [-0.15, -0.1) is 11.8 Å². The number of rotatable bonds is 5. The highest BCUT2D eigenvalue weighted by molar-refractivity contribution is 8.00. The van der Waals surface area contributed by atoms with Gasteiger partial charge in [-0.05, 0) is 38.9 Å². The molecule has 142 valence electrons. The summed E-state index contributed by atoms with van der Waals surface area (Å²) in [4.78, 5) is 12.8. The molecule has 0 radical (unpaired) electrons. The lowest BCUT2D eigenvalue weighted by Crippen LogP contribution is -2.30. The van der Waals surface area contributed by atoms with E-state index in [0.29, 0.717) is 17.0 Å². The molecule has 1 saturated heterocycles. The summed E-state index contributed by atoms with van der Waals surface area (Å²) in [5, 5.41) is 8.57. The SMILES string of the molecule is Cc1nc2cc(SC(C)(C)C)cnc2c(=N)n1CCCN1CCC(N)C1. The first-order chi connectivity index (χ1) is 12.2. The number of hydrogen-bond acceptors (Lipinski definition) is 6. The zero-order valence-corrected chi connectivity index (χ0v) is 17.1. The summed E-state index contributed by atoms with van der Waals surface area (Å²) in [7, 11) is 0. The van der Waals surface area contributed by atoms with Crippen molar-refractivity contribution in [3.05, 3.63) is 23.6 Å². The maximum Gasteiger partial charge on any atom is 0.154 e. The molecule has 2 aromatic heterocycles. The zero-order chi connectivity index (χ0) is 18.9. The highest BCUT2D eigenvalue weighted by Crippen LogP contribution is 2.32. The monoisotopic (exact) mass is 374 g/mol. The quantitative estimate of drug-likeness (QED) is 0.786. The molecule has 1 fully saturated rings. The summed E-state index contributed by atoms with van der Waals surface area (Å²) >= 11 is 1.77. The van der Waals surface area contributed by atoms with Gasteiger partial charge >= 0.3 is 0 Å². The van der Waals surface area contributed by atoms with Gasteiger partial charge in [0.15, 0.2) is 5.49 Å². The molecule has 0 aromatic carbocycles. The third-order valence-electron chi connectivity index (χ3n) is 4.60. The first kappa shape index (κ1) is 19.3. The minimum Gasteiger partial charge on any atom is -0.326 e. The minimum atomic E-state index is 0.126. The molecule has 26 heavy (non-hydrogen) atoms. The fourth-order valence-electron chi connectivity index (χ4n) is 3.43. The van der Waals surface area contributed by atoms with Gasteiger partial charge in [0.1, 0.15) is 11.3 Å². The Kier molecular flexibility index (Phi) is 5.69. The molecule has 3 rings (SSSR count). The van der Waals surface area contributed by atoms with E-state index in [1.807, 2.05) is 17.7 Å². The highest BCUT2D eigenvalue weighted by Gasteiger charge is 2.18. The lowest BCUT2D eigenvalue weighted by molar-refractivity contribution is 0.319. The Hall–Kier alpha value is -1.44. The van der Waals surface area contributed by atoms with Crippen LogP contribution in [0.4, 0.5) is 0 Å². The predicted octanol–water partition coefficient (Wildman–Crippen LogP) is 2.53. The van der Waals surface area contributed by atoms with Crippen molar-refractivity contribution in [3.8, 4) is 0 Å². The second-order valence-electron chi connectivity index (χ2n) is 8.12. The Morgan fingerprint density at radius 1 is 1.35 bits per heavy atom. The standard InChI is InChI=1S/C19H30N6S/c1-13-23-16-10-15(26-19(2,3)4)11-22-17(16)18(21)25(13)8-5-7-24-9-6-14(20)12-24/h10-11,14,21H,5-9,12,20H2,1-4H3. The minimum absolute atomic E-state index is 0.126. The fraction of sp³-hybridized carbons (Fsp3) is 0.632. The third kappa shape index (κ3) is 4.64. The molecule has 7 heteroatoms. The highest BCUT2D eigenvalue weighted by atomic mass is 32.2. The molecule has 0 bridgehead atoms. The Bertz CT molecular complexity index is 838. The first-order valence-electron chi connectivity index (χ1n) is 9.32. The van der Waals surface area contributed by atoms with E-state index in [4.69, 9.17) is 16.1 Å². The van der Waals surface area contributed by atoms with Crippen molar-refractivity contribution in [1.82, 2.24) is 19.4 Å². The van der Waals surface area contributed by atoms with E-state index in [1.165, 1.54) is 0 Å². The molecule has 0 amide bonds. The molecule has 6 nitrogen and oxygen atoms in total. The Morgan fingerprint density at radius 2 is 2.12 bits per heavy atom. The van der Waals surface area contributed by atoms with E-state index < -0.39 is 0 Å². The number of hydrogen-bond donors (Lipinski definition) is 2. The van der Waals surface area contributed by atoms with Crippen molar-refractivity contribution in [3.63, 3.8) is 0 Å². The van der Waals surface area contributed by atoms with Crippen molar-refractivity contribution in [2.45, 2.75) is 62.8 Å². The molecular formula is C19H30N6S. The van der Waals surface area contributed by atoms with Gasteiger partial charge < -0.3 is 15.2 Å². The Balaban J connectivity index is 1.76. The van der Waals surface area contributed by atoms with Gasteiger partial charge in [-0.25, -0.2) is 9.97 Å². The summed E-state index contributed by atoms with van der Waals surface area (Å²) in [6.45, 7) is 12.4. The number of nitrogens with zero attached hydrogens (tertiary/aromatic N) is 4. The van der Waals surface area contributed by atoms with E-state index in [2.05, 4.69) is 36.7 Å². The first-order valence-corrected chi connectivity index (χ1v) is 10.1. The second kappa shape index (κ2) is 7.66. The van der Waals surface area contributed by atoms with Gasteiger partial charge in [0.2, 0.25) is 0 Å². The molecule has 1 atom stereocenters. The molecule has 1 unspecified atom stereocenters. The lowest BCUT2D eigenvalue weighted by atomic mass is 10.3. The summed E-state index contributed by atoms with van der Waals surface area (Å²) < 4.78 is 2.10. The van der Waals surface area contributed by atoms with Gasteiger partial charge in [0.25, 0.3) is 0 Å². The molecule has 1 aliphatic rings. The van der Waals surface area contributed by atoms with Crippen molar-refractivity contribution >= 4 is 22.8 Å². The second-order valence-corrected chi connectivity index (χ2v) is 10.0. The zero-order valence-electron chi connectivity index (χ0n) is 16.2. The summed E-state index contributed by atoms with van der Waals surface area (Å²) in [5.74, 6) is 0.875. The van der Waals surface area contributed by atoms with Crippen molar-refractivity contribution in [2.75, 3.05) is 19.6 Å². The Morgan fingerprint density at radius 3 is 2.77 bits per heavy atom. The normalized spacial score (nSPS) is 18.7. The number of nitrogens with two attached hydrogens (primary N) is 1. The van der Waals surface area contributed by atoms with Crippen molar-refractivity contribution in [2.24, 2.45) is 5.73 Å². The van der Waals surface area contributed by atoms with Crippen LogP contribution in [0.3, 0.4) is 0 Å². The number of fused-ring (bicyclic) bond motifs is 1. The van der Waals surface area contributed by atoms with E-state index in [0.717, 1.165) is 55.3 Å². The largest absolute Gasteiger partial charge is 0.326 e. The smallest absolute Gasteiger partial charge is 0.154 e. The van der Waals surface area contributed by atoms with Crippen LogP contribution < -0.4 is 11.2 Å².